The Bertz CT molecular complexity index is 890. The number of rotatable bonds is 9. The summed E-state index contributed by atoms with van der Waals surface area (Å²) in [4.78, 5) is -0.0959. The number of benzene rings is 2. The van der Waals surface area contributed by atoms with Gasteiger partial charge in [-0.05, 0) is 56.8 Å². The first kappa shape index (κ1) is 23.4. The maximum absolute atomic E-state index is 13.4. The first-order valence-corrected chi connectivity index (χ1v) is 10.9. The van der Waals surface area contributed by atoms with Gasteiger partial charge in [-0.15, -0.1) is 0 Å². The zero-order chi connectivity index (χ0) is 21.7. The Morgan fingerprint density at radius 3 is 2.14 bits per heavy atom. The highest BCUT2D eigenvalue weighted by Crippen LogP contribution is 2.25. The van der Waals surface area contributed by atoms with Crippen LogP contribution in [0, 0.1) is 20.8 Å². The van der Waals surface area contributed by atoms with Gasteiger partial charge in [-0.25, -0.2) is 8.42 Å². The van der Waals surface area contributed by atoms with Crippen LogP contribution >= 0.6 is 0 Å². The van der Waals surface area contributed by atoms with Crippen LogP contribution in [0.1, 0.15) is 28.7 Å². The fourth-order valence-electron chi connectivity index (χ4n) is 3.37. The van der Waals surface area contributed by atoms with Crippen molar-refractivity contribution in [1.82, 2.24) is 10.0 Å². The molecule has 0 aromatic heterocycles. The Balaban J connectivity index is 2.01. The molecule has 2 aromatic carbocycles. The van der Waals surface area contributed by atoms with Gasteiger partial charge in [-0.1, -0.05) is 48.0 Å². The zero-order valence-electron chi connectivity index (χ0n) is 16.8. The van der Waals surface area contributed by atoms with Crippen LogP contribution in [-0.4, -0.2) is 33.7 Å². The molecule has 29 heavy (non-hydrogen) atoms. The van der Waals surface area contributed by atoms with Crippen LogP contribution in [0.15, 0.2) is 47.4 Å². The zero-order valence-corrected chi connectivity index (χ0v) is 17.6. The quantitative estimate of drug-likeness (QED) is 0.593. The standard InChI is InChI=1S/C21H27F3N2O2S/c1-15-12-16(2)20(17(3)13-15)29(27,28)26-19(21(22,23)24)14-25-11-7-10-18-8-5-4-6-9-18/h4-6,8-9,12-13,19,25-26H,7,10-11,14H2,1-3H3. The van der Waals surface area contributed by atoms with Crippen molar-refractivity contribution in [1.29, 1.82) is 0 Å². The maximum Gasteiger partial charge on any atom is 0.406 e. The van der Waals surface area contributed by atoms with Crippen LogP contribution < -0.4 is 10.0 Å². The summed E-state index contributed by atoms with van der Waals surface area (Å²) in [7, 11) is -4.32. The molecule has 1 unspecified atom stereocenters. The molecule has 0 bridgehead atoms. The number of hydrogen-bond acceptors (Lipinski definition) is 3. The molecule has 4 nitrogen and oxygen atoms in total. The fourth-order valence-corrected chi connectivity index (χ4v) is 5.04. The minimum atomic E-state index is -4.70. The van der Waals surface area contributed by atoms with Crippen LogP contribution in [-0.2, 0) is 16.4 Å². The molecule has 0 aliphatic rings. The molecule has 0 aliphatic heterocycles. The van der Waals surface area contributed by atoms with Gasteiger partial charge in [0, 0.05) is 6.54 Å². The average Bonchev–Trinajstić information content (AvgIpc) is 2.59. The Morgan fingerprint density at radius 1 is 1.00 bits per heavy atom. The van der Waals surface area contributed by atoms with Gasteiger partial charge in [0.05, 0.1) is 4.90 Å². The van der Waals surface area contributed by atoms with E-state index in [4.69, 9.17) is 0 Å². The number of nitrogens with one attached hydrogen (secondary N) is 2. The van der Waals surface area contributed by atoms with E-state index in [0.717, 1.165) is 17.5 Å². The van der Waals surface area contributed by atoms with Gasteiger partial charge in [-0.3, -0.25) is 0 Å². The average molecular weight is 429 g/mol. The molecule has 0 saturated carbocycles. The van der Waals surface area contributed by atoms with Gasteiger partial charge in [-0.2, -0.15) is 17.9 Å². The summed E-state index contributed by atoms with van der Waals surface area (Å²) >= 11 is 0. The number of sulfonamides is 1. The third-order valence-electron chi connectivity index (χ3n) is 4.58. The Hall–Kier alpha value is -1.90. The van der Waals surface area contributed by atoms with E-state index < -0.39 is 28.8 Å². The van der Waals surface area contributed by atoms with E-state index >= 15 is 0 Å². The Labute approximate surface area is 170 Å². The van der Waals surface area contributed by atoms with E-state index in [1.807, 2.05) is 42.0 Å². The summed E-state index contributed by atoms with van der Waals surface area (Å²) in [5.41, 5.74) is 2.80. The van der Waals surface area contributed by atoms with Crippen LogP contribution in [0.4, 0.5) is 13.2 Å². The van der Waals surface area contributed by atoms with Crippen LogP contribution in [0.25, 0.3) is 0 Å². The van der Waals surface area contributed by atoms with Crippen LogP contribution in [0.3, 0.4) is 0 Å². The summed E-state index contributed by atoms with van der Waals surface area (Å²) in [5.74, 6) is 0. The van der Waals surface area contributed by atoms with E-state index in [0.29, 0.717) is 24.1 Å². The summed E-state index contributed by atoms with van der Waals surface area (Å²) in [5, 5.41) is 2.73. The van der Waals surface area contributed by atoms with Crippen molar-refractivity contribution in [3.8, 4) is 0 Å². The molecule has 2 aromatic rings. The lowest BCUT2D eigenvalue weighted by atomic mass is 10.1. The van der Waals surface area contributed by atoms with Crippen molar-refractivity contribution in [2.75, 3.05) is 13.1 Å². The van der Waals surface area contributed by atoms with Crippen molar-refractivity contribution in [3.05, 3.63) is 64.7 Å². The summed E-state index contributed by atoms with van der Waals surface area (Å²) in [6, 6.07) is 10.7. The second kappa shape index (κ2) is 9.73. The van der Waals surface area contributed by atoms with Crippen molar-refractivity contribution >= 4 is 10.0 Å². The Morgan fingerprint density at radius 2 is 1.59 bits per heavy atom. The van der Waals surface area contributed by atoms with Gasteiger partial charge in [0.15, 0.2) is 0 Å². The molecule has 1 atom stereocenters. The SMILES string of the molecule is Cc1cc(C)c(S(=O)(=O)NC(CNCCCc2ccccc2)C(F)(F)F)c(C)c1. The predicted octanol–water partition coefficient (Wildman–Crippen LogP) is 4.04. The van der Waals surface area contributed by atoms with Crippen LogP contribution in [0.2, 0.25) is 0 Å². The molecule has 0 saturated heterocycles. The molecule has 2 rings (SSSR count). The molecule has 0 spiro atoms. The topological polar surface area (TPSA) is 58.2 Å². The van der Waals surface area contributed by atoms with Gasteiger partial charge in [0.1, 0.15) is 6.04 Å². The molecule has 0 radical (unpaired) electrons. The Kier molecular flexibility index (Phi) is 7.85. The lowest BCUT2D eigenvalue weighted by molar-refractivity contribution is -0.150. The minimum absolute atomic E-state index is 0.0959. The van der Waals surface area contributed by atoms with Gasteiger partial charge < -0.3 is 5.32 Å². The largest absolute Gasteiger partial charge is 0.406 e. The van der Waals surface area contributed by atoms with Crippen molar-refractivity contribution in [2.24, 2.45) is 0 Å². The first-order chi connectivity index (χ1) is 13.5. The van der Waals surface area contributed by atoms with Crippen LogP contribution in [0.5, 0.6) is 0 Å². The van der Waals surface area contributed by atoms with E-state index in [-0.39, 0.29) is 4.90 Å². The predicted molar refractivity (Wildman–Crippen MR) is 108 cm³/mol. The summed E-state index contributed by atoms with van der Waals surface area (Å²) < 4.78 is 67.5. The molecule has 0 amide bonds. The number of alkyl halides is 3. The third-order valence-corrected chi connectivity index (χ3v) is 6.35. The van der Waals surface area contributed by atoms with Crippen molar-refractivity contribution < 1.29 is 21.6 Å². The number of halogens is 3. The monoisotopic (exact) mass is 428 g/mol. The summed E-state index contributed by atoms with van der Waals surface area (Å²) in [6.07, 6.45) is -3.32. The molecule has 0 fully saturated rings. The number of hydrogen-bond donors (Lipinski definition) is 2. The molecule has 160 valence electrons. The second-order valence-corrected chi connectivity index (χ2v) is 8.89. The van der Waals surface area contributed by atoms with Crippen molar-refractivity contribution in [2.45, 2.75) is 50.7 Å². The highest BCUT2D eigenvalue weighted by Gasteiger charge is 2.42. The molecule has 0 aliphatic carbocycles. The van der Waals surface area contributed by atoms with E-state index in [1.165, 1.54) is 0 Å². The lowest BCUT2D eigenvalue weighted by Gasteiger charge is -2.23. The smallest absolute Gasteiger partial charge is 0.315 e. The molecule has 8 heteroatoms. The van der Waals surface area contributed by atoms with E-state index in [1.54, 1.807) is 26.0 Å². The second-order valence-electron chi connectivity index (χ2n) is 7.24. The molecule has 2 N–H and O–H groups in total. The lowest BCUT2D eigenvalue weighted by Crippen LogP contribution is -2.51. The number of aryl methyl sites for hydroxylation is 4. The molecular weight excluding hydrogens is 401 g/mol. The van der Waals surface area contributed by atoms with Gasteiger partial charge in [0.25, 0.3) is 0 Å². The molecular formula is C21H27F3N2O2S. The summed E-state index contributed by atoms with van der Waals surface area (Å²) in [6.45, 7) is 4.80. The van der Waals surface area contributed by atoms with Gasteiger partial charge >= 0.3 is 6.18 Å². The maximum atomic E-state index is 13.4. The third kappa shape index (κ3) is 6.83. The molecule has 0 heterocycles. The fraction of sp³-hybridized carbons (Fsp3) is 0.429. The van der Waals surface area contributed by atoms with E-state index in [2.05, 4.69) is 5.32 Å². The normalized spacial score (nSPS) is 13.4. The van der Waals surface area contributed by atoms with E-state index in [9.17, 15) is 21.6 Å². The highest BCUT2D eigenvalue weighted by molar-refractivity contribution is 7.89. The highest BCUT2D eigenvalue weighted by atomic mass is 32.2. The minimum Gasteiger partial charge on any atom is -0.315 e. The first-order valence-electron chi connectivity index (χ1n) is 9.42. The van der Waals surface area contributed by atoms with Crippen molar-refractivity contribution in [3.63, 3.8) is 0 Å². The van der Waals surface area contributed by atoms with Gasteiger partial charge in [0.2, 0.25) is 10.0 Å².